The van der Waals surface area contributed by atoms with Gasteiger partial charge < -0.3 is 19.9 Å². The van der Waals surface area contributed by atoms with Crippen LogP contribution < -0.4 is 15.2 Å². The first-order chi connectivity index (χ1) is 8.04. The second kappa shape index (κ2) is 4.94. The fourth-order valence-corrected chi connectivity index (χ4v) is 1.61. The standard InChI is InChI=1S/C13H19NO3/c1-13(2,14)9-15-8-10-3-4-11-12(7-10)17-6-5-16-11/h3-4,7H,5-6,8-9,14H2,1-2H3. The molecule has 0 saturated heterocycles. The van der Waals surface area contributed by atoms with Crippen LogP contribution in [0.5, 0.6) is 11.5 Å². The van der Waals surface area contributed by atoms with E-state index in [1.165, 1.54) is 0 Å². The van der Waals surface area contributed by atoms with E-state index in [2.05, 4.69) is 0 Å². The molecule has 17 heavy (non-hydrogen) atoms. The van der Waals surface area contributed by atoms with Crippen LogP contribution in [0.25, 0.3) is 0 Å². The van der Waals surface area contributed by atoms with Crippen molar-refractivity contribution in [2.75, 3.05) is 19.8 Å². The first kappa shape index (κ1) is 12.2. The molecule has 0 spiro atoms. The summed E-state index contributed by atoms with van der Waals surface area (Å²) in [4.78, 5) is 0. The van der Waals surface area contributed by atoms with E-state index >= 15 is 0 Å². The van der Waals surface area contributed by atoms with Crippen LogP contribution in [0.1, 0.15) is 19.4 Å². The van der Waals surface area contributed by atoms with Crippen LogP contribution in [0, 0.1) is 0 Å². The van der Waals surface area contributed by atoms with Crippen molar-refractivity contribution in [1.82, 2.24) is 0 Å². The van der Waals surface area contributed by atoms with Crippen molar-refractivity contribution in [3.8, 4) is 11.5 Å². The first-order valence-electron chi connectivity index (χ1n) is 5.80. The summed E-state index contributed by atoms with van der Waals surface area (Å²) in [6, 6.07) is 5.86. The molecule has 1 aromatic rings. The van der Waals surface area contributed by atoms with Gasteiger partial charge in [-0.2, -0.15) is 0 Å². The number of rotatable bonds is 4. The predicted octanol–water partition coefficient (Wildman–Crippen LogP) is 1.71. The molecule has 0 atom stereocenters. The van der Waals surface area contributed by atoms with E-state index in [-0.39, 0.29) is 5.54 Å². The van der Waals surface area contributed by atoms with Crippen molar-refractivity contribution in [2.24, 2.45) is 5.73 Å². The average Bonchev–Trinajstić information content (AvgIpc) is 2.27. The van der Waals surface area contributed by atoms with Crippen molar-refractivity contribution in [2.45, 2.75) is 26.0 Å². The molecule has 1 aliphatic rings. The number of benzene rings is 1. The molecule has 0 bridgehead atoms. The van der Waals surface area contributed by atoms with Gasteiger partial charge in [-0.3, -0.25) is 0 Å². The van der Waals surface area contributed by atoms with Gasteiger partial charge in [0.1, 0.15) is 13.2 Å². The second-order valence-electron chi connectivity index (χ2n) is 4.96. The lowest BCUT2D eigenvalue weighted by atomic mass is 10.1. The Kier molecular flexibility index (Phi) is 3.54. The third-order valence-corrected chi connectivity index (χ3v) is 2.35. The first-order valence-corrected chi connectivity index (χ1v) is 5.80. The SMILES string of the molecule is CC(C)(N)COCc1ccc2c(c1)OCCO2. The number of hydrogen-bond donors (Lipinski definition) is 1. The Morgan fingerprint density at radius 3 is 2.65 bits per heavy atom. The summed E-state index contributed by atoms with van der Waals surface area (Å²) in [6.07, 6.45) is 0. The number of hydrogen-bond acceptors (Lipinski definition) is 4. The Balaban J connectivity index is 1.93. The molecule has 1 aromatic carbocycles. The fraction of sp³-hybridized carbons (Fsp3) is 0.538. The lowest BCUT2D eigenvalue weighted by Gasteiger charge is -2.20. The molecule has 94 valence electrons. The number of nitrogens with two attached hydrogens (primary N) is 1. The topological polar surface area (TPSA) is 53.7 Å². The van der Waals surface area contributed by atoms with Crippen LogP contribution in [-0.4, -0.2) is 25.4 Å². The smallest absolute Gasteiger partial charge is 0.161 e. The van der Waals surface area contributed by atoms with Crippen LogP contribution in [0.2, 0.25) is 0 Å². The van der Waals surface area contributed by atoms with Gasteiger partial charge in [-0.05, 0) is 31.5 Å². The minimum Gasteiger partial charge on any atom is -0.486 e. The van der Waals surface area contributed by atoms with E-state index < -0.39 is 0 Å². The summed E-state index contributed by atoms with van der Waals surface area (Å²) >= 11 is 0. The van der Waals surface area contributed by atoms with Crippen LogP contribution in [0.3, 0.4) is 0 Å². The minimum atomic E-state index is -0.298. The molecule has 0 aromatic heterocycles. The van der Waals surface area contributed by atoms with Gasteiger partial charge in [-0.1, -0.05) is 6.07 Å². The van der Waals surface area contributed by atoms with Crippen molar-refractivity contribution in [3.05, 3.63) is 23.8 Å². The third-order valence-electron chi connectivity index (χ3n) is 2.35. The van der Waals surface area contributed by atoms with Gasteiger partial charge in [0.25, 0.3) is 0 Å². The Morgan fingerprint density at radius 1 is 1.24 bits per heavy atom. The zero-order valence-corrected chi connectivity index (χ0v) is 10.4. The molecule has 2 rings (SSSR count). The lowest BCUT2D eigenvalue weighted by Crippen LogP contribution is -2.37. The summed E-state index contributed by atoms with van der Waals surface area (Å²) in [6.45, 7) is 6.17. The normalized spacial score (nSPS) is 14.8. The minimum absolute atomic E-state index is 0.298. The Hall–Kier alpha value is -1.26. The van der Waals surface area contributed by atoms with E-state index in [1.807, 2.05) is 32.0 Å². The van der Waals surface area contributed by atoms with E-state index in [0.717, 1.165) is 17.1 Å². The van der Waals surface area contributed by atoms with Crippen molar-refractivity contribution < 1.29 is 14.2 Å². The van der Waals surface area contributed by atoms with Crippen LogP contribution in [-0.2, 0) is 11.3 Å². The van der Waals surface area contributed by atoms with Gasteiger partial charge in [0.15, 0.2) is 11.5 Å². The second-order valence-corrected chi connectivity index (χ2v) is 4.96. The highest BCUT2D eigenvalue weighted by atomic mass is 16.6. The molecule has 0 fully saturated rings. The molecule has 0 amide bonds. The molecule has 0 saturated carbocycles. The molecule has 2 N–H and O–H groups in total. The molecule has 4 heteroatoms. The van der Waals surface area contributed by atoms with Gasteiger partial charge in [-0.25, -0.2) is 0 Å². The van der Waals surface area contributed by atoms with Gasteiger partial charge in [0, 0.05) is 5.54 Å². The molecular weight excluding hydrogens is 218 g/mol. The lowest BCUT2D eigenvalue weighted by molar-refractivity contribution is 0.0846. The molecule has 0 radical (unpaired) electrons. The highest BCUT2D eigenvalue weighted by Crippen LogP contribution is 2.30. The summed E-state index contributed by atoms with van der Waals surface area (Å²) in [7, 11) is 0. The number of ether oxygens (including phenoxy) is 3. The summed E-state index contributed by atoms with van der Waals surface area (Å²) in [5, 5.41) is 0. The largest absolute Gasteiger partial charge is 0.486 e. The fourth-order valence-electron chi connectivity index (χ4n) is 1.61. The predicted molar refractivity (Wildman–Crippen MR) is 65.4 cm³/mol. The summed E-state index contributed by atoms with van der Waals surface area (Å²) < 4.78 is 16.5. The maximum atomic E-state index is 5.84. The van der Waals surface area contributed by atoms with Crippen molar-refractivity contribution in [1.29, 1.82) is 0 Å². The molecule has 1 aliphatic heterocycles. The summed E-state index contributed by atoms with van der Waals surface area (Å²) in [5.41, 5.74) is 6.61. The maximum Gasteiger partial charge on any atom is 0.161 e. The van der Waals surface area contributed by atoms with Crippen LogP contribution in [0.4, 0.5) is 0 Å². The monoisotopic (exact) mass is 237 g/mol. The van der Waals surface area contributed by atoms with Crippen LogP contribution in [0.15, 0.2) is 18.2 Å². The van der Waals surface area contributed by atoms with E-state index in [9.17, 15) is 0 Å². The van der Waals surface area contributed by atoms with E-state index in [1.54, 1.807) is 0 Å². The van der Waals surface area contributed by atoms with Gasteiger partial charge in [-0.15, -0.1) is 0 Å². The molecule has 4 nitrogen and oxygen atoms in total. The van der Waals surface area contributed by atoms with E-state index in [4.69, 9.17) is 19.9 Å². The zero-order chi connectivity index (χ0) is 12.3. The Bertz CT molecular complexity index is 385. The molecule has 1 heterocycles. The third kappa shape index (κ3) is 3.61. The molecule has 0 aliphatic carbocycles. The van der Waals surface area contributed by atoms with Crippen molar-refractivity contribution >= 4 is 0 Å². The number of fused-ring (bicyclic) bond motifs is 1. The molecular formula is C13H19NO3. The van der Waals surface area contributed by atoms with Crippen molar-refractivity contribution in [3.63, 3.8) is 0 Å². The maximum absolute atomic E-state index is 5.84. The Labute approximate surface area is 102 Å². The van der Waals surface area contributed by atoms with Crippen LogP contribution >= 0.6 is 0 Å². The van der Waals surface area contributed by atoms with Gasteiger partial charge in [0.05, 0.1) is 13.2 Å². The summed E-state index contributed by atoms with van der Waals surface area (Å²) in [5.74, 6) is 1.60. The van der Waals surface area contributed by atoms with E-state index in [0.29, 0.717) is 26.4 Å². The zero-order valence-electron chi connectivity index (χ0n) is 10.4. The van der Waals surface area contributed by atoms with Gasteiger partial charge >= 0.3 is 0 Å². The Morgan fingerprint density at radius 2 is 1.94 bits per heavy atom. The molecule has 0 unspecified atom stereocenters. The quantitative estimate of drug-likeness (QED) is 0.866. The highest BCUT2D eigenvalue weighted by molar-refractivity contribution is 5.43. The van der Waals surface area contributed by atoms with Gasteiger partial charge in [0.2, 0.25) is 0 Å². The average molecular weight is 237 g/mol. The highest BCUT2D eigenvalue weighted by Gasteiger charge is 2.13.